The molecular weight excluding hydrogens is 296 g/mol. The first-order chi connectivity index (χ1) is 10.7. The minimum absolute atomic E-state index is 0.0217. The first-order valence-corrected chi connectivity index (χ1v) is 7.66. The van der Waals surface area contributed by atoms with E-state index in [0.717, 1.165) is 10.5 Å². The van der Waals surface area contributed by atoms with Crippen molar-refractivity contribution in [2.75, 3.05) is 26.7 Å². The predicted molar refractivity (Wildman–Crippen MR) is 86.4 cm³/mol. The molecule has 0 aliphatic carbocycles. The fourth-order valence-corrected chi connectivity index (χ4v) is 2.51. The smallest absolute Gasteiger partial charge is 0.327 e. The van der Waals surface area contributed by atoms with E-state index in [9.17, 15) is 14.7 Å². The quantitative estimate of drug-likeness (QED) is 0.837. The highest BCUT2D eigenvalue weighted by molar-refractivity contribution is 6.01. The molecule has 2 rings (SSSR count). The Hall–Kier alpha value is -2.08. The topological polar surface area (TPSA) is 70.1 Å². The van der Waals surface area contributed by atoms with E-state index in [0.29, 0.717) is 5.75 Å². The molecule has 1 atom stereocenters. The number of urea groups is 1. The van der Waals surface area contributed by atoms with Crippen molar-refractivity contribution in [1.29, 1.82) is 0 Å². The fraction of sp³-hybridized carbons (Fsp3) is 0.529. The molecule has 1 heterocycles. The lowest BCUT2D eigenvalue weighted by atomic mass is 9.86. The van der Waals surface area contributed by atoms with Crippen LogP contribution in [-0.4, -0.2) is 59.7 Å². The summed E-state index contributed by atoms with van der Waals surface area (Å²) in [7, 11) is 1.56. The third-order valence-corrected chi connectivity index (χ3v) is 3.75. The van der Waals surface area contributed by atoms with Gasteiger partial charge in [0.2, 0.25) is 5.91 Å². The minimum Gasteiger partial charge on any atom is -0.491 e. The molecule has 1 aromatic carbocycles. The predicted octanol–water partition coefficient (Wildman–Crippen LogP) is 1.62. The second kappa shape index (κ2) is 6.58. The summed E-state index contributed by atoms with van der Waals surface area (Å²) in [6, 6.07) is 7.28. The third kappa shape index (κ3) is 4.01. The van der Waals surface area contributed by atoms with Gasteiger partial charge in [-0.2, -0.15) is 0 Å². The number of rotatable bonds is 5. The average Bonchev–Trinajstić information content (AvgIpc) is 2.71. The van der Waals surface area contributed by atoms with Gasteiger partial charge in [-0.15, -0.1) is 0 Å². The van der Waals surface area contributed by atoms with E-state index >= 15 is 0 Å². The average molecular weight is 320 g/mol. The van der Waals surface area contributed by atoms with Crippen molar-refractivity contribution < 1.29 is 19.4 Å². The number of amides is 3. The number of imide groups is 1. The molecule has 0 saturated carbocycles. The Morgan fingerprint density at radius 3 is 2.48 bits per heavy atom. The Labute approximate surface area is 136 Å². The highest BCUT2D eigenvalue weighted by Crippen LogP contribution is 2.31. The van der Waals surface area contributed by atoms with Gasteiger partial charge < -0.3 is 14.7 Å². The molecule has 0 spiro atoms. The van der Waals surface area contributed by atoms with Gasteiger partial charge in [-0.05, 0) is 17.0 Å². The monoisotopic (exact) mass is 320 g/mol. The maximum absolute atomic E-state index is 11.8. The number of β-amino-alcohol motifs (C(OH)–C–C–N with tert-alkyl or cyclic N) is 1. The number of carbonyl (C=O) groups excluding carboxylic acids is 2. The number of para-hydroxylation sites is 1. The molecule has 1 N–H and O–H groups in total. The van der Waals surface area contributed by atoms with E-state index in [1.54, 1.807) is 7.05 Å². The van der Waals surface area contributed by atoms with Crippen LogP contribution in [0, 0.1) is 0 Å². The number of aliphatic hydroxyl groups excluding tert-OH is 1. The number of benzene rings is 1. The van der Waals surface area contributed by atoms with Crippen LogP contribution < -0.4 is 4.74 Å². The molecule has 1 aromatic rings. The summed E-state index contributed by atoms with van der Waals surface area (Å²) in [5.74, 6) is 0.405. The zero-order valence-corrected chi connectivity index (χ0v) is 14.1. The molecular formula is C17H24N2O4. The van der Waals surface area contributed by atoms with Gasteiger partial charge in [0, 0.05) is 7.05 Å². The van der Waals surface area contributed by atoms with Gasteiger partial charge in [-0.1, -0.05) is 39.0 Å². The lowest BCUT2D eigenvalue weighted by Gasteiger charge is -2.24. The molecule has 3 amide bonds. The SMILES string of the molecule is CN1CC(=O)N(C[C@H](O)COc2ccccc2C(C)(C)C)C1=O. The summed E-state index contributed by atoms with van der Waals surface area (Å²) in [6.07, 6.45) is -0.928. The summed E-state index contributed by atoms with van der Waals surface area (Å²) in [5, 5.41) is 10.1. The van der Waals surface area contributed by atoms with E-state index < -0.39 is 6.10 Å². The second-order valence-electron chi connectivity index (χ2n) is 6.85. The summed E-state index contributed by atoms with van der Waals surface area (Å²) in [6.45, 7) is 6.28. The molecule has 1 aliphatic rings. The Bertz CT molecular complexity index is 595. The van der Waals surface area contributed by atoms with E-state index in [1.165, 1.54) is 4.90 Å². The zero-order valence-electron chi connectivity index (χ0n) is 14.1. The van der Waals surface area contributed by atoms with Gasteiger partial charge in [0.25, 0.3) is 0 Å². The van der Waals surface area contributed by atoms with Crippen molar-refractivity contribution in [3.05, 3.63) is 29.8 Å². The summed E-state index contributed by atoms with van der Waals surface area (Å²) >= 11 is 0. The Balaban J connectivity index is 1.97. The van der Waals surface area contributed by atoms with Gasteiger partial charge in [0.15, 0.2) is 0 Å². The molecule has 23 heavy (non-hydrogen) atoms. The second-order valence-corrected chi connectivity index (χ2v) is 6.85. The van der Waals surface area contributed by atoms with Crippen LogP contribution in [-0.2, 0) is 10.2 Å². The van der Waals surface area contributed by atoms with Gasteiger partial charge in [-0.3, -0.25) is 9.69 Å². The van der Waals surface area contributed by atoms with Crippen molar-refractivity contribution in [3.63, 3.8) is 0 Å². The number of hydrogen-bond donors (Lipinski definition) is 1. The van der Waals surface area contributed by atoms with E-state index in [1.807, 2.05) is 24.3 Å². The number of likely N-dealkylation sites (N-methyl/N-ethyl adjacent to an activating group) is 1. The maximum atomic E-state index is 11.8. The molecule has 0 aromatic heterocycles. The number of aliphatic hydroxyl groups is 1. The van der Waals surface area contributed by atoms with E-state index in [-0.39, 0.29) is 37.0 Å². The van der Waals surface area contributed by atoms with Gasteiger partial charge in [-0.25, -0.2) is 4.79 Å². The molecule has 1 aliphatic heterocycles. The van der Waals surface area contributed by atoms with Crippen LogP contribution in [0.15, 0.2) is 24.3 Å². The van der Waals surface area contributed by atoms with Crippen molar-refractivity contribution >= 4 is 11.9 Å². The van der Waals surface area contributed by atoms with Crippen LogP contribution in [0.3, 0.4) is 0 Å². The van der Waals surface area contributed by atoms with Crippen LogP contribution in [0.5, 0.6) is 5.75 Å². The first kappa shape index (κ1) is 17.3. The van der Waals surface area contributed by atoms with Crippen LogP contribution >= 0.6 is 0 Å². The Morgan fingerprint density at radius 1 is 1.26 bits per heavy atom. The van der Waals surface area contributed by atoms with Crippen molar-refractivity contribution in [1.82, 2.24) is 9.80 Å². The van der Waals surface area contributed by atoms with Crippen molar-refractivity contribution in [2.45, 2.75) is 32.3 Å². The Morgan fingerprint density at radius 2 is 1.91 bits per heavy atom. The highest BCUT2D eigenvalue weighted by Gasteiger charge is 2.34. The normalized spacial score (nSPS) is 16.9. The molecule has 6 nitrogen and oxygen atoms in total. The standard InChI is InChI=1S/C17H24N2O4/c1-17(2,3)13-7-5-6-8-14(13)23-11-12(20)9-19-15(21)10-18(4)16(19)22/h5-8,12,20H,9-11H2,1-4H3/t12-/m0/s1. The van der Waals surface area contributed by atoms with Crippen LogP contribution in [0.2, 0.25) is 0 Å². The van der Waals surface area contributed by atoms with Crippen molar-refractivity contribution in [2.24, 2.45) is 0 Å². The van der Waals surface area contributed by atoms with E-state index in [2.05, 4.69) is 20.8 Å². The summed E-state index contributed by atoms with van der Waals surface area (Å²) < 4.78 is 5.72. The molecule has 6 heteroatoms. The largest absolute Gasteiger partial charge is 0.491 e. The van der Waals surface area contributed by atoms with E-state index in [4.69, 9.17) is 4.74 Å². The zero-order chi connectivity index (χ0) is 17.2. The van der Waals surface area contributed by atoms with Crippen LogP contribution in [0.4, 0.5) is 4.79 Å². The molecule has 126 valence electrons. The molecule has 1 saturated heterocycles. The molecule has 1 fully saturated rings. The maximum Gasteiger partial charge on any atom is 0.327 e. The number of nitrogens with zero attached hydrogens (tertiary/aromatic N) is 2. The number of hydrogen-bond acceptors (Lipinski definition) is 4. The minimum atomic E-state index is -0.928. The fourth-order valence-electron chi connectivity index (χ4n) is 2.51. The third-order valence-electron chi connectivity index (χ3n) is 3.75. The lowest BCUT2D eigenvalue weighted by Crippen LogP contribution is -2.40. The molecule has 0 radical (unpaired) electrons. The van der Waals surface area contributed by atoms with Crippen LogP contribution in [0.25, 0.3) is 0 Å². The van der Waals surface area contributed by atoms with Gasteiger partial charge >= 0.3 is 6.03 Å². The highest BCUT2D eigenvalue weighted by atomic mass is 16.5. The van der Waals surface area contributed by atoms with Crippen molar-refractivity contribution in [3.8, 4) is 5.75 Å². The lowest BCUT2D eigenvalue weighted by molar-refractivity contribution is -0.126. The van der Waals surface area contributed by atoms with Gasteiger partial charge in [0.05, 0.1) is 6.54 Å². The first-order valence-electron chi connectivity index (χ1n) is 7.66. The Kier molecular flexibility index (Phi) is 4.94. The number of carbonyl (C=O) groups is 2. The molecule has 0 unspecified atom stereocenters. The number of ether oxygens (including phenoxy) is 1. The molecule has 0 bridgehead atoms. The van der Waals surface area contributed by atoms with Gasteiger partial charge in [0.1, 0.15) is 25.0 Å². The summed E-state index contributed by atoms with van der Waals surface area (Å²) in [5.41, 5.74) is 0.964. The van der Waals surface area contributed by atoms with Crippen LogP contribution in [0.1, 0.15) is 26.3 Å². The summed E-state index contributed by atoms with van der Waals surface area (Å²) in [4.78, 5) is 25.9.